The van der Waals surface area contributed by atoms with Gasteiger partial charge in [-0.15, -0.1) is 0 Å². The summed E-state index contributed by atoms with van der Waals surface area (Å²) >= 11 is 5.41. The van der Waals surface area contributed by atoms with Crippen LogP contribution in [0.25, 0.3) is 0 Å². The van der Waals surface area contributed by atoms with Crippen molar-refractivity contribution in [2.75, 3.05) is 7.11 Å². The molecule has 0 bridgehead atoms. The first-order valence-electron chi connectivity index (χ1n) is 3.48. The van der Waals surface area contributed by atoms with Gasteiger partial charge in [0.15, 0.2) is 0 Å². The summed E-state index contributed by atoms with van der Waals surface area (Å²) in [4.78, 5) is 0. The summed E-state index contributed by atoms with van der Waals surface area (Å²) in [6, 6.07) is 3.30. The van der Waals surface area contributed by atoms with E-state index in [0.717, 1.165) is 12.1 Å². The highest BCUT2D eigenvalue weighted by Crippen LogP contribution is 2.20. The molecule has 0 unspecified atom stereocenters. The third-order valence-electron chi connectivity index (χ3n) is 1.56. The quantitative estimate of drug-likeness (QED) is 0.680. The summed E-state index contributed by atoms with van der Waals surface area (Å²) in [5, 5.41) is -0.327. The Balaban J connectivity index is 3.13. The Morgan fingerprint density at radius 2 is 1.92 bits per heavy atom. The topological polar surface area (TPSA) is 9.23 Å². The Hall–Kier alpha value is -0.835. The Morgan fingerprint density at radius 3 is 2.31 bits per heavy atom. The van der Waals surface area contributed by atoms with Gasteiger partial charge in [-0.2, -0.15) is 0 Å². The molecule has 0 N–H and O–H groups in total. The highest BCUT2D eigenvalue weighted by molar-refractivity contribution is 6.75. The lowest BCUT2D eigenvalue weighted by atomic mass is 9.80. The van der Waals surface area contributed by atoms with Gasteiger partial charge in [0, 0.05) is 5.02 Å². The van der Waals surface area contributed by atoms with Gasteiger partial charge in [0.25, 0.3) is 0 Å². The van der Waals surface area contributed by atoms with Gasteiger partial charge in [0.1, 0.15) is 5.75 Å². The molecule has 0 atom stereocenters. The van der Waals surface area contributed by atoms with Crippen LogP contribution < -0.4 is 10.2 Å². The van der Waals surface area contributed by atoms with Crippen LogP contribution in [-0.4, -0.2) is 14.1 Å². The molecule has 72 valence electrons. The molecule has 0 spiro atoms. The van der Waals surface area contributed by atoms with Crippen LogP contribution in [-0.2, 0) is 0 Å². The Bertz CT molecular complexity index is 313. The van der Waals surface area contributed by atoms with Crippen molar-refractivity contribution in [3.05, 3.63) is 23.2 Å². The van der Waals surface area contributed by atoms with Gasteiger partial charge < -0.3 is 17.7 Å². The van der Waals surface area contributed by atoms with Crippen molar-refractivity contribution >= 4 is 24.0 Å². The average Bonchev–Trinajstić information content (AvgIpc) is 2.01. The number of benzene rings is 1. The summed E-state index contributed by atoms with van der Waals surface area (Å²) in [5.74, 6) is 0.314. The smallest absolute Gasteiger partial charge is 0.497 e. The van der Waals surface area contributed by atoms with Crippen molar-refractivity contribution < 1.29 is 17.7 Å². The van der Waals surface area contributed by atoms with E-state index in [1.807, 2.05) is 0 Å². The summed E-state index contributed by atoms with van der Waals surface area (Å²) in [6.07, 6.45) is 0. The molecule has 1 aromatic rings. The SMILES string of the molecule is COc1ccc([B-](F)(F)F)c(Cl)c1. The second kappa shape index (κ2) is 3.50. The normalized spacial score (nSPS) is 11.5. The fraction of sp³-hybridized carbons (Fsp3) is 0.143. The van der Waals surface area contributed by atoms with Crippen molar-refractivity contribution in [3.8, 4) is 5.75 Å². The number of hydrogen-bond acceptors (Lipinski definition) is 1. The van der Waals surface area contributed by atoms with Crippen molar-refractivity contribution in [3.63, 3.8) is 0 Å². The molecule has 6 heteroatoms. The van der Waals surface area contributed by atoms with Crippen LogP contribution in [0.5, 0.6) is 5.75 Å². The van der Waals surface area contributed by atoms with E-state index in [9.17, 15) is 12.9 Å². The zero-order chi connectivity index (χ0) is 10.1. The summed E-state index contributed by atoms with van der Waals surface area (Å²) in [7, 11) is 1.37. The molecule has 0 amide bonds. The van der Waals surface area contributed by atoms with Crippen LogP contribution in [0.2, 0.25) is 5.02 Å². The zero-order valence-electron chi connectivity index (χ0n) is 6.73. The van der Waals surface area contributed by atoms with Gasteiger partial charge in [-0.05, 0) is 12.1 Å². The minimum Gasteiger partial charge on any atom is -0.497 e. The van der Waals surface area contributed by atoms with E-state index in [1.54, 1.807) is 0 Å². The van der Waals surface area contributed by atoms with Gasteiger partial charge in [0.2, 0.25) is 0 Å². The second-order valence-electron chi connectivity index (χ2n) is 2.46. The van der Waals surface area contributed by atoms with Gasteiger partial charge in [0.05, 0.1) is 7.11 Å². The fourth-order valence-electron chi connectivity index (χ4n) is 0.900. The molecule has 0 aliphatic rings. The minimum atomic E-state index is -5.04. The first kappa shape index (κ1) is 10.2. The van der Waals surface area contributed by atoms with Crippen LogP contribution in [0.15, 0.2) is 18.2 Å². The highest BCUT2D eigenvalue weighted by atomic mass is 35.5. The molecule has 0 radical (unpaired) electrons. The average molecular weight is 209 g/mol. The van der Waals surface area contributed by atoms with E-state index in [4.69, 9.17) is 16.3 Å². The molecule has 1 rings (SSSR count). The molecule has 1 nitrogen and oxygen atoms in total. The lowest BCUT2D eigenvalue weighted by Crippen LogP contribution is -2.34. The highest BCUT2D eigenvalue weighted by Gasteiger charge is 2.27. The van der Waals surface area contributed by atoms with Crippen LogP contribution >= 0.6 is 11.6 Å². The van der Waals surface area contributed by atoms with E-state index in [1.165, 1.54) is 13.2 Å². The predicted molar refractivity (Wildman–Crippen MR) is 46.7 cm³/mol. The number of ether oxygens (including phenoxy) is 1. The molecule has 0 saturated carbocycles. The van der Waals surface area contributed by atoms with Crippen LogP contribution in [0.3, 0.4) is 0 Å². The number of methoxy groups -OCH3 is 1. The zero-order valence-corrected chi connectivity index (χ0v) is 7.49. The Labute approximate surface area is 78.5 Å². The molecular formula is C7H6BClF3O-. The lowest BCUT2D eigenvalue weighted by molar-refractivity contribution is 0.415. The molecule has 0 aromatic heterocycles. The van der Waals surface area contributed by atoms with Crippen molar-refractivity contribution in [1.29, 1.82) is 0 Å². The Morgan fingerprint density at radius 1 is 1.31 bits per heavy atom. The van der Waals surface area contributed by atoms with Crippen molar-refractivity contribution in [2.24, 2.45) is 0 Å². The van der Waals surface area contributed by atoms with Crippen molar-refractivity contribution in [2.45, 2.75) is 0 Å². The largest absolute Gasteiger partial charge is 0.511 e. The van der Waals surface area contributed by atoms with Gasteiger partial charge in [-0.1, -0.05) is 23.1 Å². The van der Waals surface area contributed by atoms with E-state index in [0.29, 0.717) is 5.75 Å². The molecule has 0 fully saturated rings. The minimum absolute atomic E-state index is 0.314. The second-order valence-corrected chi connectivity index (χ2v) is 2.87. The number of hydrogen-bond donors (Lipinski definition) is 0. The molecule has 1 aromatic carbocycles. The molecule has 0 aliphatic carbocycles. The van der Waals surface area contributed by atoms with E-state index >= 15 is 0 Å². The monoisotopic (exact) mass is 209 g/mol. The molecule has 0 saturated heterocycles. The summed E-state index contributed by atoms with van der Waals surface area (Å²) < 4.78 is 41.4. The lowest BCUT2D eigenvalue weighted by Gasteiger charge is -2.16. The standard InChI is InChI=1S/C7H6BClF3O/c1-13-5-2-3-6(7(9)4-5)8(10,11)12/h2-4H,1H3/q-1. The third-order valence-corrected chi connectivity index (χ3v) is 1.89. The van der Waals surface area contributed by atoms with E-state index in [-0.39, 0.29) is 5.02 Å². The maximum atomic E-state index is 12.2. The summed E-state index contributed by atoms with van der Waals surface area (Å²) in [6.45, 7) is -5.04. The van der Waals surface area contributed by atoms with Crippen LogP contribution in [0.4, 0.5) is 12.9 Å². The van der Waals surface area contributed by atoms with Crippen LogP contribution in [0, 0.1) is 0 Å². The first-order valence-corrected chi connectivity index (χ1v) is 3.86. The van der Waals surface area contributed by atoms with Gasteiger partial charge in [-0.3, -0.25) is 0 Å². The first-order chi connectivity index (χ1) is 5.95. The predicted octanol–water partition coefficient (Wildman–Crippen LogP) is 2.40. The van der Waals surface area contributed by atoms with Gasteiger partial charge in [-0.25, -0.2) is 0 Å². The Kier molecular flexibility index (Phi) is 2.76. The number of halogens is 4. The maximum Gasteiger partial charge on any atom is 0.511 e. The molecule has 13 heavy (non-hydrogen) atoms. The van der Waals surface area contributed by atoms with Crippen LogP contribution in [0.1, 0.15) is 0 Å². The third kappa shape index (κ3) is 2.31. The molecular weight excluding hydrogens is 203 g/mol. The fourth-order valence-corrected chi connectivity index (χ4v) is 1.19. The summed E-state index contributed by atoms with van der Waals surface area (Å²) in [5.41, 5.74) is -0.789. The van der Waals surface area contributed by atoms with E-state index < -0.39 is 12.4 Å². The van der Waals surface area contributed by atoms with E-state index in [2.05, 4.69) is 0 Å². The molecule has 0 aliphatic heterocycles. The maximum absolute atomic E-state index is 12.2. The molecule has 0 heterocycles. The number of rotatable bonds is 2. The van der Waals surface area contributed by atoms with Gasteiger partial charge >= 0.3 is 6.98 Å². The van der Waals surface area contributed by atoms with Crippen molar-refractivity contribution in [1.82, 2.24) is 0 Å².